The fourth-order valence-corrected chi connectivity index (χ4v) is 5.45. The molecule has 0 saturated heterocycles. The van der Waals surface area contributed by atoms with Crippen LogP contribution < -0.4 is 9.47 Å². The number of thioether (sulfide) groups is 1. The van der Waals surface area contributed by atoms with Gasteiger partial charge in [-0.15, -0.1) is 11.8 Å². The van der Waals surface area contributed by atoms with E-state index in [1.54, 1.807) is 25.1 Å². The van der Waals surface area contributed by atoms with Crippen molar-refractivity contribution in [3.05, 3.63) is 108 Å². The smallest absolute Gasteiger partial charge is 0.163 e. The molecule has 0 spiro atoms. The van der Waals surface area contributed by atoms with Crippen LogP contribution in [0.4, 0.5) is 0 Å². The lowest BCUT2D eigenvalue weighted by Crippen LogP contribution is -2.18. The molecule has 5 rings (SSSR count). The number of hydrogen-bond donors (Lipinski definition) is 0. The lowest BCUT2D eigenvalue weighted by atomic mass is 9.87. The third-order valence-electron chi connectivity index (χ3n) is 6.34. The number of fused-ring (bicyclic) bond motifs is 1. The van der Waals surface area contributed by atoms with E-state index in [1.165, 1.54) is 0 Å². The largest absolute Gasteiger partial charge is 0.497 e. The zero-order valence-electron chi connectivity index (χ0n) is 19.7. The van der Waals surface area contributed by atoms with Gasteiger partial charge in [-0.05, 0) is 60.4 Å². The summed E-state index contributed by atoms with van der Waals surface area (Å²) in [5, 5.41) is 0. The molecule has 3 aromatic carbocycles. The van der Waals surface area contributed by atoms with Crippen molar-refractivity contribution < 1.29 is 14.3 Å². The summed E-state index contributed by atoms with van der Waals surface area (Å²) < 4.78 is 14.1. The number of Topliss-reactive ketones (excluding diaryl/α,β-unsaturated/α-hetero) is 1. The van der Waals surface area contributed by atoms with E-state index in [4.69, 9.17) is 9.47 Å². The molecule has 1 aromatic heterocycles. The number of ether oxygens (including phenoxy) is 2. The van der Waals surface area contributed by atoms with Crippen LogP contribution in [0.15, 0.2) is 90.3 Å². The summed E-state index contributed by atoms with van der Waals surface area (Å²) in [4.78, 5) is 18.0. The molecule has 1 heterocycles. The third-order valence-corrected chi connectivity index (χ3v) is 7.38. The second-order valence-corrected chi connectivity index (χ2v) is 9.63. The minimum Gasteiger partial charge on any atom is -0.497 e. The van der Waals surface area contributed by atoms with Gasteiger partial charge in [0.15, 0.2) is 5.78 Å². The normalized spacial score (nSPS) is 13.8. The van der Waals surface area contributed by atoms with Crippen molar-refractivity contribution in [1.82, 2.24) is 9.55 Å². The van der Waals surface area contributed by atoms with Crippen molar-refractivity contribution in [2.75, 3.05) is 7.11 Å². The average Bonchev–Trinajstić information content (AvgIpc) is 3.42. The Morgan fingerprint density at radius 3 is 2.60 bits per heavy atom. The fourth-order valence-electron chi connectivity index (χ4n) is 4.49. The summed E-state index contributed by atoms with van der Waals surface area (Å²) in [7, 11) is 1.67. The van der Waals surface area contributed by atoms with Crippen LogP contribution in [-0.2, 0) is 18.7 Å². The predicted molar refractivity (Wildman–Crippen MR) is 138 cm³/mol. The van der Waals surface area contributed by atoms with E-state index in [-0.39, 0.29) is 11.9 Å². The highest BCUT2D eigenvalue weighted by Crippen LogP contribution is 2.38. The molecule has 1 aliphatic rings. The van der Waals surface area contributed by atoms with E-state index in [0.717, 1.165) is 57.2 Å². The van der Waals surface area contributed by atoms with Gasteiger partial charge in [-0.2, -0.15) is 0 Å². The first-order valence-electron chi connectivity index (χ1n) is 11.8. The maximum Gasteiger partial charge on any atom is 0.163 e. The van der Waals surface area contributed by atoms with E-state index in [0.29, 0.717) is 13.0 Å². The van der Waals surface area contributed by atoms with E-state index < -0.39 is 0 Å². The van der Waals surface area contributed by atoms with Crippen molar-refractivity contribution >= 4 is 17.5 Å². The molecular weight excluding hydrogens is 456 g/mol. The monoisotopic (exact) mass is 484 g/mol. The second kappa shape index (κ2) is 10.8. The molecule has 0 bridgehead atoms. The van der Waals surface area contributed by atoms with E-state index in [1.807, 2.05) is 59.6 Å². The number of carbonyl (C=O) groups excluding carboxylic acids is 1. The minimum absolute atomic E-state index is 0.188. The lowest BCUT2D eigenvalue weighted by molar-refractivity contribution is 0.0972. The molecule has 4 aromatic rings. The number of carbonyl (C=O) groups is 1. The van der Waals surface area contributed by atoms with Crippen molar-refractivity contribution in [1.29, 1.82) is 0 Å². The van der Waals surface area contributed by atoms with Crippen LogP contribution in [0.3, 0.4) is 0 Å². The Labute approximate surface area is 210 Å². The molecule has 178 valence electrons. The zero-order valence-corrected chi connectivity index (χ0v) is 20.5. The number of benzene rings is 3. The Bertz CT molecular complexity index is 1270. The molecule has 1 atom stereocenters. The van der Waals surface area contributed by atoms with Crippen LogP contribution in [0.5, 0.6) is 11.5 Å². The summed E-state index contributed by atoms with van der Waals surface area (Å²) in [5.74, 6) is 2.64. The van der Waals surface area contributed by atoms with Gasteiger partial charge in [0.05, 0.1) is 20.0 Å². The maximum atomic E-state index is 12.7. The van der Waals surface area contributed by atoms with Gasteiger partial charge in [-0.3, -0.25) is 4.79 Å². The quantitative estimate of drug-likeness (QED) is 0.253. The number of ketones is 1. The summed E-state index contributed by atoms with van der Waals surface area (Å²) in [5.41, 5.74) is 4.20. The van der Waals surface area contributed by atoms with Gasteiger partial charge in [-0.1, -0.05) is 30.3 Å². The molecule has 0 saturated carbocycles. The molecule has 1 aliphatic carbocycles. The fraction of sp³-hybridized carbons (Fsp3) is 0.241. The number of nitrogens with zero attached hydrogens (tertiary/aromatic N) is 2. The van der Waals surface area contributed by atoms with Gasteiger partial charge in [0, 0.05) is 40.6 Å². The van der Waals surface area contributed by atoms with Crippen LogP contribution >= 0.6 is 11.8 Å². The van der Waals surface area contributed by atoms with Crippen molar-refractivity contribution in [2.24, 2.45) is 0 Å². The summed E-state index contributed by atoms with van der Waals surface area (Å²) >= 11 is 1.75. The number of aromatic nitrogens is 2. The summed E-state index contributed by atoms with van der Waals surface area (Å²) in [6.07, 6.45) is 7.75. The predicted octanol–water partition coefficient (Wildman–Crippen LogP) is 6.52. The molecule has 6 heteroatoms. The maximum absolute atomic E-state index is 12.7. The standard InChI is InChI=1S/C29H28N2O3S/c1-33-22-10-12-23(13-11-22)35-19-26-24-8-5-9-27(32)25(24)14-15-28(26)34-29(18-31-17-16-30-20-31)21-6-3-2-4-7-21/h2-4,6-7,10-17,20,29H,5,8-9,18-19H2,1H3/t29-/m1/s1. The van der Waals surface area contributed by atoms with Crippen LogP contribution in [0.25, 0.3) is 0 Å². The topological polar surface area (TPSA) is 53.4 Å². The first-order valence-corrected chi connectivity index (χ1v) is 12.8. The lowest BCUT2D eigenvalue weighted by Gasteiger charge is -2.25. The molecule has 0 N–H and O–H groups in total. The van der Waals surface area contributed by atoms with Crippen LogP contribution in [0.2, 0.25) is 0 Å². The van der Waals surface area contributed by atoms with Crippen LogP contribution in [-0.4, -0.2) is 22.4 Å². The molecule has 0 amide bonds. The molecule has 0 unspecified atom stereocenters. The van der Waals surface area contributed by atoms with Gasteiger partial charge in [-0.25, -0.2) is 4.98 Å². The third kappa shape index (κ3) is 5.43. The minimum atomic E-state index is -0.188. The van der Waals surface area contributed by atoms with E-state index in [9.17, 15) is 4.79 Å². The van der Waals surface area contributed by atoms with Gasteiger partial charge in [0.2, 0.25) is 0 Å². The first kappa shape index (κ1) is 23.2. The first-order chi connectivity index (χ1) is 17.2. The second-order valence-electron chi connectivity index (χ2n) is 8.59. The Morgan fingerprint density at radius 2 is 1.86 bits per heavy atom. The van der Waals surface area contributed by atoms with Crippen LogP contribution in [0.1, 0.15) is 46.0 Å². The number of methoxy groups -OCH3 is 1. The molecule has 5 nitrogen and oxygen atoms in total. The number of hydrogen-bond acceptors (Lipinski definition) is 5. The highest BCUT2D eigenvalue weighted by atomic mass is 32.2. The average molecular weight is 485 g/mol. The Morgan fingerprint density at radius 1 is 1.03 bits per heavy atom. The summed E-state index contributed by atoms with van der Waals surface area (Å²) in [6, 6.07) is 22.3. The molecule has 35 heavy (non-hydrogen) atoms. The summed E-state index contributed by atoms with van der Waals surface area (Å²) in [6.45, 7) is 0.644. The number of rotatable bonds is 9. The van der Waals surface area contributed by atoms with Crippen molar-refractivity contribution in [3.8, 4) is 11.5 Å². The SMILES string of the molecule is COc1ccc(SCc2c(O[C@H](Cn3ccnc3)c3ccccc3)ccc3c2CCCC3=O)cc1. The Balaban J connectivity index is 1.48. The zero-order chi connectivity index (χ0) is 24.0. The van der Waals surface area contributed by atoms with Gasteiger partial charge >= 0.3 is 0 Å². The molecule has 0 aliphatic heterocycles. The highest BCUT2D eigenvalue weighted by molar-refractivity contribution is 7.98. The molecular formula is C29H28N2O3S. The van der Waals surface area contributed by atoms with E-state index >= 15 is 0 Å². The molecule has 0 radical (unpaired) electrons. The van der Waals surface area contributed by atoms with Crippen molar-refractivity contribution in [2.45, 2.75) is 42.6 Å². The van der Waals surface area contributed by atoms with Gasteiger partial charge in [0.25, 0.3) is 0 Å². The molecule has 0 fully saturated rings. The number of imidazole rings is 1. The van der Waals surface area contributed by atoms with Gasteiger partial charge in [0.1, 0.15) is 17.6 Å². The Kier molecular flexibility index (Phi) is 7.19. The van der Waals surface area contributed by atoms with Gasteiger partial charge < -0.3 is 14.0 Å². The van der Waals surface area contributed by atoms with E-state index in [2.05, 4.69) is 29.2 Å². The highest BCUT2D eigenvalue weighted by Gasteiger charge is 2.24. The van der Waals surface area contributed by atoms with Crippen molar-refractivity contribution in [3.63, 3.8) is 0 Å². The Hall–Kier alpha value is -3.51. The van der Waals surface area contributed by atoms with Crippen LogP contribution in [0, 0.1) is 0 Å².